The summed E-state index contributed by atoms with van der Waals surface area (Å²) >= 11 is 0.797. The second-order valence-corrected chi connectivity index (χ2v) is 8.41. The van der Waals surface area contributed by atoms with Gasteiger partial charge >= 0.3 is 6.18 Å². The number of hydrogen-bond acceptors (Lipinski definition) is 8. The first-order chi connectivity index (χ1) is 14.2. The molecule has 2 aliphatic rings. The maximum atomic E-state index is 13.2. The molecule has 0 aromatic carbocycles. The number of hydrogen-bond donors (Lipinski definition) is 2. The lowest BCUT2D eigenvalue weighted by atomic mass is 9.76. The molecule has 0 saturated carbocycles. The van der Waals surface area contributed by atoms with Gasteiger partial charge in [0.15, 0.2) is 11.5 Å². The van der Waals surface area contributed by atoms with Crippen molar-refractivity contribution in [1.82, 2.24) is 15.0 Å². The monoisotopic (exact) mass is 435 g/mol. The van der Waals surface area contributed by atoms with Crippen molar-refractivity contribution in [3.63, 3.8) is 0 Å². The molecule has 0 bridgehead atoms. The van der Waals surface area contributed by atoms with Crippen LogP contribution in [0.15, 0.2) is 51.7 Å². The van der Waals surface area contributed by atoms with Gasteiger partial charge in [-0.25, -0.2) is 15.0 Å². The Kier molecular flexibility index (Phi) is 5.08. The highest BCUT2D eigenvalue weighted by Gasteiger charge is 2.42. The number of amidine groups is 1. The van der Waals surface area contributed by atoms with Crippen LogP contribution in [0.4, 0.5) is 24.8 Å². The molecule has 7 nitrogen and oxygen atoms in total. The first-order valence-electron chi connectivity index (χ1n) is 9.28. The SMILES string of the molecule is C=C1CC2(CCN(c3cnc(Sc4cccnc4C(F)(F)F)c(N)n3)CC2)C(N)=N1. The van der Waals surface area contributed by atoms with E-state index in [0.29, 0.717) is 24.7 Å². The van der Waals surface area contributed by atoms with Gasteiger partial charge < -0.3 is 16.4 Å². The molecule has 4 N–H and O–H groups in total. The molecule has 0 aliphatic carbocycles. The van der Waals surface area contributed by atoms with Crippen molar-refractivity contribution in [2.45, 2.75) is 35.4 Å². The molecule has 1 fully saturated rings. The van der Waals surface area contributed by atoms with Crippen molar-refractivity contribution >= 4 is 29.2 Å². The van der Waals surface area contributed by atoms with E-state index in [2.05, 4.69) is 26.5 Å². The van der Waals surface area contributed by atoms with Crippen LogP contribution < -0.4 is 16.4 Å². The predicted molar refractivity (Wildman–Crippen MR) is 109 cm³/mol. The number of piperidine rings is 1. The van der Waals surface area contributed by atoms with E-state index in [1.807, 2.05) is 4.90 Å². The number of nitrogens with two attached hydrogens (primary N) is 2. The molecule has 4 rings (SSSR count). The van der Waals surface area contributed by atoms with Gasteiger partial charge in [0.05, 0.1) is 6.20 Å². The first-order valence-corrected chi connectivity index (χ1v) is 10.1. The number of aromatic nitrogens is 3. The number of nitrogens with zero attached hydrogens (tertiary/aromatic N) is 5. The third kappa shape index (κ3) is 3.81. The quantitative estimate of drug-likeness (QED) is 0.760. The predicted octanol–water partition coefficient (Wildman–Crippen LogP) is 3.49. The summed E-state index contributed by atoms with van der Waals surface area (Å²) < 4.78 is 39.5. The van der Waals surface area contributed by atoms with E-state index in [4.69, 9.17) is 11.5 Å². The number of rotatable bonds is 3. The number of halogens is 3. The number of nitrogen functional groups attached to an aromatic ring is 1. The zero-order valence-corrected chi connectivity index (χ0v) is 16.8. The Bertz CT molecular complexity index is 1010. The highest BCUT2D eigenvalue weighted by Crippen LogP contribution is 2.43. The molecule has 2 aromatic rings. The maximum Gasteiger partial charge on any atom is 0.434 e. The Morgan fingerprint density at radius 3 is 2.50 bits per heavy atom. The van der Waals surface area contributed by atoms with Crippen LogP contribution in [-0.2, 0) is 6.18 Å². The number of anilines is 2. The molecule has 2 aliphatic heterocycles. The van der Waals surface area contributed by atoms with Crippen LogP contribution >= 0.6 is 11.8 Å². The lowest BCUT2D eigenvalue weighted by molar-refractivity contribution is -0.143. The molecule has 0 amide bonds. The van der Waals surface area contributed by atoms with Crippen LogP contribution in [0, 0.1) is 5.41 Å². The van der Waals surface area contributed by atoms with Gasteiger partial charge in [-0.3, -0.25) is 4.98 Å². The van der Waals surface area contributed by atoms with Crippen LogP contribution in [0.3, 0.4) is 0 Å². The topological polar surface area (TPSA) is 106 Å². The summed E-state index contributed by atoms with van der Waals surface area (Å²) in [7, 11) is 0. The van der Waals surface area contributed by atoms with E-state index in [1.165, 1.54) is 18.3 Å². The second-order valence-electron chi connectivity index (χ2n) is 7.38. The van der Waals surface area contributed by atoms with Gasteiger partial charge in [0.25, 0.3) is 0 Å². The number of aliphatic imine (C=N–C) groups is 1. The van der Waals surface area contributed by atoms with Crippen molar-refractivity contribution < 1.29 is 13.2 Å². The number of alkyl halides is 3. The Hall–Kier alpha value is -2.82. The molecule has 0 atom stereocenters. The summed E-state index contributed by atoms with van der Waals surface area (Å²) in [5.41, 5.74) is 11.8. The summed E-state index contributed by atoms with van der Waals surface area (Å²) in [5.74, 6) is 1.30. The van der Waals surface area contributed by atoms with Gasteiger partial charge in [0.2, 0.25) is 0 Å². The molecule has 1 spiro atoms. The zero-order chi connectivity index (χ0) is 21.5. The van der Waals surface area contributed by atoms with E-state index in [0.717, 1.165) is 42.9 Å². The highest BCUT2D eigenvalue weighted by atomic mass is 32.2. The molecule has 158 valence electrons. The Morgan fingerprint density at radius 1 is 1.17 bits per heavy atom. The van der Waals surface area contributed by atoms with Crippen molar-refractivity contribution in [2.75, 3.05) is 23.7 Å². The maximum absolute atomic E-state index is 13.2. The standard InChI is InChI=1S/C19H20F3N7S/c1-11-9-18(17(24)27-11)4-7-29(8-5-18)13-10-26-16(15(23)28-13)30-12-3-2-6-25-14(12)19(20,21)22/h2-3,6,10H,1,4-5,7-9H2,(H2,23,28)(H2,24,27). The Morgan fingerprint density at radius 2 is 1.90 bits per heavy atom. The van der Waals surface area contributed by atoms with Gasteiger partial charge in [-0.15, -0.1) is 0 Å². The minimum Gasteiger partial charge on any atom is -0.387 e. The van der Waals surface area contributed by atoms with Gasteiger partial charge in [-0.2, -0.15) is 13.2 Å². The molecule has 2 aromatic heterocycles. The van der Waals surface area contributed by atoms with Crippen LogP contribution in [0.25, 0.3) is 0 Å². The van der Waals surface area contributed by atoms with Gasteiger partial charge in [0.1, 0.15) is 16.7 Å². The molecule has 30 heavy (non-hydrogen) atoms. The van der Waals surface area contributed by atoms with Crippen molar-refractivity contribution in [1.29, 1.82) is 0 Å². The largest absolute Gasteiger partial charge is 0.434 e. The molecule has 4 heterocycles. The minimum atomic E-state index is -4.56. The average molecular weight is 435 g/mol. The normalized spacial score (nSPS) is 18.7. The zero-order valence-electron chi connectivity index (χ0n) is 16.0. The van der Waals surface area contributed by atoms with Crippen molar-refractivity contribution in [3.05, 3.63) is 42.5 Å². The van der Waals surface area contributed by atoms with Crippen LogP contribution in [-0.4, -0.2) is 33.9 Å². The fraction of sp³-hybridized carbons (Fsp3) is 0.368. The van der Waals surface area contributed by atoms with Crippen LogP contribution in [0.2, 0.25) is 0 Å². The summed E-state index contributed by atoms with van der Waals surface area (Å²) in [6.07, 6.45) is 0.458. The minimum absolute atomic E-state index is 0.0742. The molecule has 11 heteroatoms. The molecular weight excluding hydrogens is 415 g/mol. The van der Waals surface area contributed by atoms with Crippen molar-refractivity contribution in [2.24, 2.45) is 16.1 Å². The average Bonchev–Trinajstić information content (AvgIpc) is 2.96. The van der Waals surface area contributed by atoms with E-state index >= 15 is 0 Å². The van der Waals surface area contributed by atoms with Crippen LogP contribution in [0.5, 0.6) is 0 Å². The van der Waals surface area contributed by atoms with Gasteiger partial charge in [-0.1, -0.05) is 18.3 Å². The molecule has 0 unspecified atom stereocenters. The van der Waals surface area contributed by atoms with Crippen molar-refractivity contribution in [3.8, 4) is 0 Å². The fourth-order valence-corrected chi connectivity index (χ4v) is 4.69. The van der Waals surface area contributed by atoms with E-state index in [9.17, 15) is 13.2 Å². The molecule has 1 saturated heterocycles. The van der Waals surface area contributed by atoms with E-state index in [-0.39, 0.29) is 21.2 Å². The summed E-state index contributed by atoms with van der Waals surface area (Å²) in [4.78, 5) is 18.4. The van der Waals surface area contributed by atoms with Gasteiger partial charge in [-0.05, 0) is 25.0 Å². The second kappa shape index (κ2) is 7.46. The Balaban J connectivity index is 1.49. The smallest absolute Gasteiger partial charge is 0.387 e. The third-order valence-corrected chi connectivity index (χ3v) is 6.46. The summed E-state index contributed by atoms with van der Waals surface area (Å²) in [6, 6.07) is 2.77. The summed E-state index contributed by atoms with van der Waals surface area (Å²) in [5, 5.41) is 0.203. The molecular formula is C19H20F3N7S. The van der Waals surface area contributed by atoms with E-state index in [1.54, 1.807) is 0 Å². The summed E-state index contributed by atoms with van der Waals surface area (Å²) in [6.45, 7) is 5.31. The number of allylic oxidation sites excluding steroid dienone is 1. The van der Waals surface area contributed by atoms with E-state index < -0.39 is 11.9 Å². The molecule has 0 radical (unpaired) electrons. The van der Waals surface area contributed by atoms with Gasteiger partial charge in [0, 0.05) is 41.7 Å². The third-order valence-electron chi connectivity index (χ3n) is 5.41. The lowest BCUT2D eigenvalue weighted by Crippen LogP contribution is -2.45. The number of pyridine rings is 1. The van der Waals surface area contributed by atoms with Crippen LogP contribution in [0.1, 0.15) is 25.0 Å². The highest BCUT2D eigenvalue weighted by molar-refractivity contribution is 7.99. The Labute approximate surface area is 175 Å². The first kappa shape index (κ1) is 20.5. The fourth-order valence-electron chi connectivity index (χ4n) is 3.81. The lowest BCUT2D eigenvalue weighted by Gasteiger charge is -2.39.